The van der Waals surface area contributed by atoms with E-state index in [-0.39, 0.29) is 12.0 Å². The quantitative estimate of drug-likeness (QED) is 0.305. The van der Waals surface area contributed by atoms with Crippen LogP contribution < -0.4 is 4.74 Å². The first-order valence-electron chi connectivity index (χ1n) is 11.6. The minimum atomic E-state index is -1.53. The van der Waals surface area contributed by atoms with Crippen molar-refractivity contribution >= 4 is 22.8 Å². The maximum atomic E-state index is 14.5. The average molecular weight is 508 g/mol. The normalized spacial score (nSPS) is 16.9. The Morgan fingerprint density at radius 3 is 2.46 bits per heavy atom. The van der Waals surface area contributed by atoms with Crippen LogP contribution in [-0.2, 0) is 20.7 Å². The molecule has 1 aromatic heterocycles. The molecule has 190 valence electrons. The van der Waals surface area contributed by atoms with Gasteiger partial charge >= 0.3 is 5.97 Å². The Morgan fingerprint density at radius 2 is 1.73 bits per heavy atom. The number of carbonyl (C=O) groups is 2. The van der Waals surface area contributed by atoms with Gasteiger partial charge in [0.2, 0.25) is 5.82 Å². The summed E-state index contributed by atoms with van der Waals surface area (Å²) in [5.74, 6) is -6.29. The van der Waals surface area contributed by atoms with Gasteiger partial charge in [0.25, 0.3) is 5.91 Å². The van der Waals surface area contributed by atoms with Crippen molar-refractivity contribution in [2.45, 2.75) is 25.4 Å². The van der Waals surface area contributed by atoms with Crippen molar-refractivity contribution in [3.8, 4) is 5.75 Å². The van der Waals surface area contributed by atoms with Gasteiger partial charge in [-0.2, -0.15) is 4.39 Å². The summed E-state index contributed by atoms with van der Waals surface area (Å²) in [5, 5.41) is 0.912. The molecular weight excluding hydrogens is 485 g/mol. The van der Waals surface area contributed by atoms with Crippen molar-refractivity contribution in [1.82, 2.24) is 9.88 Å². The van der Waals surface area contributed by atoms with E-state index >= 15 is 0 Å². The number of ether oxygens (including phenoxy) is 2. The molecule has 4 aromatic rings. The molecule has 0 fully saturated rings. The van der Waals surface area contributed by atoms with Crippen LogP contribution in [0.25, 0.3) is 10.9 Å². The summed E-state index contributed by atoms with van der Waals surface area (Å²) in [6.45, 7) is 0.427. The van der Waals surface area contributed by atoms with Crippen LogP contribution in [0.15, 0.2) is 60.7 Å². The van der Waals surface area contributed by atoms with Crippen LogP contribution in [0.2, 0.25) is 0 Å². The number of nitrogens with one attached hydrogen (secondary N) is 1. The van der Waals surface area contributed by atoms with Gasteiger partial charge in [-0.25, -0.2) is 13.6 Å². The van der Waals surface area contributed by atoms with Crippen LogP contribution in [0.1, 0.15) is 28.4 Å². The van der Waals surface area contributed by atoms with E-state index in [1.165, 1.54) is 18.9 Å². The fraction of sp³-hybridized carbons (Fsp3) is 0.214. The molecule has 2 atom stereocenters. The molecule has 0 aliphatic carbocycles. The van der Waals surface area contributed by atoms with Gasteiger partial charge in [-0.05, 0) is 35.7 Å². The first kappa shape index (κ1) is 24.4. The van der Waals surface area contributed by atoms with E-state index in [1.807, 2.05) is 42.5 Å². The smallest absolute Gasteiger partial charge is 0.328 e. The Balaban J connectivity index is 1.60. The summed E-state index contributed by atoms with van der Waals surface area (Å²) in [7, 11) is 1.23. The number of benzene rings is 3. The molecule has 0 bridgehead atoms. The van der Waals surface area contributed by atoms with Crippen molar-refractivity contribution < 1.29 is 32.2 Å². The van der Waals surface area contributed by atoms with Gasteiger partial charge in [0.1, 0.15) is 6.04 Å². The first-order chi connectivity index (χ1) is 17.8. The molecule has 37 heavy (non-hydrogen) atoms. The van der Waals surface area contributed by atoms with Crippen LogP contribution in [0.3, 0.4) is 0 Å². The fourth-order valence-electron chi connectivity index (χ4n) is 4.93. The van der Waals surface area contributed by atoms with E-state index < -0.39 is 53.8 Å². The van der Waals surface area contributed by atoms with E-state index in [9.17, 15) is 22.8 Å². The number of amides is 1. The third-order valence-electron chi connectivity index (χ3n) is 6.65. The molecule has 1 N–H and O–H groups in total. The number of hydrogen-bond donors (Lipinski definition) is 1. The van der Waals surface area contributed by atoms with Crippen molar-refractivity contribution in [2.75, 3.05) is 13.7 Å². The number of rotatable bonds is 5. The number of nitrogens with zero attached hydrogens (tertiary/aromatic N) is 1. The van der Waals surface area contributed by atoms with Crippen LogP contribution >= 0.6 is 0 Å². The number of H-pyrrole nitrogens is 1. The Hall–Kier alpha value is -4.27. The molecule has 0 spiro atoms. The number of methoxy groups -OCH3 is 1. The number of hydrogen-bond acceptors (Lipinski definition) is 4. The zero-order valence-corrected chi connectivity index (χ0v) is 20.1. The molecule has 3 aromatic carbocycles. The number of aromatic nitrogens is 1. The van der Waals surface area contributed by atoms with Crippen molar-refractivity contribution in [2.24, 2.45) is 0 Å². The van der Waals surface area contributed by atoms with Gasteiger partial charge in [0.15, 0.2) is 24.0 Å². The molecule has 1 aliphatic rings. The van der Waals surface area contributed by atoms with Crippen LogP contribution in [0, 0.1) is 24.4 Å². The third-order valence-corrected chi connectivity index (χ3v) is 6.65. The highest BCUT2D eigenvalue weighted by Crippen LogP contribution is 2.41. The molecule has 2 unspecified atom stereocenters. The lowest BCUT2D eigenvalue weighted by Gasteiger charge is -2.40. The number of halogens is 3. The zero-order chi connectivity index (χ0) is 26.3. The monoisotopic (exact) mass is 508 g/mol. The number of para-hydroxylation sites is 1. The molecular formula is C28H23F3N2O4. The van der Waals surface area contributed by atoms with Crippen LogP contribution in [-0.4, -0.2) is 41.5 Å². The highest BCUT2D eigenvalue weighted by atomic mass is 19.2. The zero-order valence-electron chi connectivity index (χ0n) is 20.1. The summed E-state index contributed by atoms with van der Waals surface area (Å²) in [4.78, 5) is 31.3. The van der Waals surface area contributed by atoms with E-state index in [0.717, 1.165) is 16.5 Å². The van der Waals surface area contributed by atoms with E-state index in [0.29, 0.717) is 17.3 Å². The molecule has 0 saturated heterocycles. The second-order valence-electron chi connectivity index (χ2n) is 8.84. The van der Waals surface area contributed by atoms with Crippen molar-refractivity contribution in [3.63, 3.8) is 0 Å². The van der Waals surface area contributed by atoms with Crippen LogP contribution in [0.5, 0.6) is 5.75 Å². The highest BCUT2D eigenvalue weighted by molar-refractivity contribution is 5.91. The molecule has 5 rings (SSSR count). The lowest BCUT2D eigenvalue weighted by molar-refractivity contribution is -0.156. The second kappa shape index (κ2) is 9.65. The van der Waals surface area contributed by atoms with E-state index in [1.54, 1.807) is 12.1 Å². The Bertz CT molecular complexity index is 1480. The molecule has 2 heterocycles. The lowest BCUT2D eigenvalue weighted by Crippen LogP contribution is -2.53. The van der Waals surface area contributed by atoms with Crippen molar-refractivity contribution in [1.29, 1.82) is 0 Å². The van der Waals surface area contributed by atoms with E-state index in [4.69, 9.17) is 9.47 Å². The van der Waals surface area contributed by atoms with Gasteiger partial charge in [-0.15, -0.1) is 0 Å². The Labute approximate surface area is 210 Å². The van der Waals surface area contributed by atoms with Gasteiger partial charge < -0.3 is 19.4 Å². The lowest BCUT2D eigenvalue weighted by atomic mass is 9.88. The topological polar surface area (TPSA) is 71.6 Å². The second-order valence-corrected chi connectivity index (χ2v) is 8.84. The molecule has 6 nitrogen and oxygen atoms in total. The predicted molar refractivity (Wildman–Crippen MR) is 129 cm³/mol. The highest BCUT2D eigenvalue weighted by Gasteiger charge is 2.44. The van der Waals surface area contributed by atoms with Gasteiger partial charge in [-0.3, -0.25) is 4.79 Å². The predicted octanol–water partition coefficient (Wildman–Crippen LogP) is 4.99. The average Bonchev–Trinajstić information content (AvgIpc) is 3.29. The van der Waals surface area contributed by atoms with Gasteiger partial charge in [0.05, 0.1) is 13.2 Å². The first-order valence-corrected chi connectivity index (χ1v) is 11.6. The van der Waals surface area contributed by atoms with Crippen LogP contribution in [0.4, 0.5) is 13.2 Å². The van der Waals surface area contributed by atoms with E-state index in [2.05, 4.69) is 4.98 Å². The minimum Gasteiger partial charge on any atom is -0.478 e. The standard InChI is InChI=1S/C28H23F3N2O4/c1-15-12-19(29)24(31)27(23(15)30)37-14-22(34)33-21(28(35)36-2)13-18-17-10-6-7-11-20(17)32-25(18)26(33)16-8-4-3-5-9-16/h3-12,21,26,32H,13-14H2,1-2H3. The summed E-state index contributed by atoms with van der Waals surface area (Å²) < 4.78 is 52.9. The van der Waals surface area contributed by atoms with Gasteiger partial charge in [0, 0.05) is 23.0 Å². The number of carbonyl (C=O) groups excluding carboxylic acids is 2. The molecule has 0 saturated carbocycles. The maximum absolute atomic E-state index is 14.5. The molecule has 1 aliphatic heterocycles. The van der Waals surface area contributed by atoms with Gasteiger partial charge in [-0.1, -0.05) is 48.5 Å². The summed E-state index contributed by atoms with van der Waals surface area (Å²) in [6.07, 6.45) is 0.156. The number of fused-ring (bicyclic) bond motifs is 3. The minimum absolute atomic E-state index is 0.156. The fourth-order valence-corrected chi connectivity index (χ4v) is 4.93. The Morgan fingerprint density at radius 1 is 1.03 bits per heavy atom. The summed E-state index contributed by atoms with van der Waals surface area (Å²) >= 11 is 0. The maximum Gasteiger partial charge on any atom is 0.328 e. The molecule has 1 amide bonds. The molecule has 0 radical (unpaired) electrons. The number of aromatic amines is 1. The summed E-state index contributed by atoms with van der Waals surface area (Å²) in [5.41, 5.74) is 2.94. The Kier molecular flexibility index (Phi) is 6.37. The third kappa shape index (κ3) is 4.20. The SMILES string of the molecule is COC(=O)C1Cc2c([nH]c3ccccc23)C(c2ccccc2)N1C(=O)COc1c(F)c(C)cc(F)c1F. The number of aryl methyl sites for hydroxylation is 1. The molecule has 9 heteroatoms. The number of esters is 1. The summed E-state index contributed by atoms with van der Waals surface area (Å²) in [6, 6.07) is 15.6. The van der Waals surface area contributed by atoms with Crippen molar-refractivity contribution in [3.05, 3.63) is 100 Å². The largest absolute Gasteiger partial charge is 0.478 e.